The minimum Gasteiger partial charge on any atom is -0.306 e. The summed E-state index contributed by atoms with van der Waals surface area (Å²) in [6.45, 7) is 9.26. The molecule has 5 aromatic heterocycles. The predicted octanol–water partition coefficient (Wildman–Crippen LogP) is 8.41. The second kappa shape index (κ2) is 9.13. The van der Waals surface area contributed by atoms with Crippen LogP contribution < -0.4 is 4.90 Å². The van der Waals surface area contributed by atoms with Gasteiger partial charge >= 0.3 is 0 Å². The van der Waals surface area contributed by atoms with E-state index in [1.807, 2.05) is 67.6 Å². The first-order valence-corrected chi connectivity index (χ1v) is 14.6. The van der Waals surface area contributed by atoms with Gasteiger partial charge in [0.15, 0.2) is 0 Å². The molecule has 0 radical (unpaired) electrons. The Morgan fingerprint density at radius 1 is 0.512 bits per heavy atom. The van der Waals surface area contributed by atoms with Crippen molar-refractivity contribution in [2.75, 3.05) is 4.90 Å². The number of nitrogens with zero attached hydrogens (tertiary/aromatic N) is 6. The Labute approximate surface area is 251 Å². The lowest BCUT2D eigenvalue weighted by molar-refractivity contribution is 0.584. The Bertz CT molecular complexity index is 1890. The highest BCUT2D eigenvalue weighted by Gasteiger charge is 2.47. The van der Waals surface area contributed by atoms with E-state index in [1.165, 1.54) is 27.9 Å². The molecule has 2 aliphatic heterocycles. The van der Waals surface area contributed by atoms with Crippen molar-refractivity contribution in [3.63, 3.8) is 0 Å². The molecule has 6 heteroatoms. The fourth-order valence-electron chi connectivity index (χ4n) is 6.77. The van der Waals surface area contributed by atoms with Gasteiger partial charge in [0, 0.05) is 59.1 Å². The molecule has 0 bridgehead atoms. The molecule has 0 atom stereocenters. The molecule has 0 N–H and O–H groups in total. The first-order valence-electron chi connectivity index (χ1n) is 14.6. The molecule has 0 saturated carbocycles. The smallest absolute Gasteiger partial charge is 0.0752 e. The number of aromatic nitrogens is 5. The lowest BCUT2D eigenvalue weighted by Gasteiger charge is -2.49. The van der Waals surface area contributed by atoms with Crippen LogP contribution in [0.2, 0.25) is 0 Å². The van der Waals surface area contributed by atoms with Gasteiger partial charge in [-0.25, -0.2) is 4.98 Å². The molecule has 0 aliphatic carbocycles. The SMILES string of the molecule is CC1(C)c2cc(-c3ccncc3)ncc2N2c3ccc(-c4ccncc4)nc3C(C)(C)c3cc(-c4ccncc4)cc1c32. The number of hydrogen-bond donors (Lipinski definition) is 0. The Morgan fingerprint density at radius 2 is 1.07 bits per heavy atom. The van der Waals surface area contributed by atoms with E-state index < -0.39 is 0 Å². The first-order chi connectivity index (χ1) is 20.8. The molecule has 0 saturated heterocycles. The van der Waals surface area contributed by atoms with Crippen LogP contribution in [-0.2, 0) is 10.8 Å². The Kier molecular flexibility index (Phi) is 5.41. The Morgan fingerprint density at radius 3 is 1.70 bits per heavy atom. The standard InChI is InChI=1S/C37H30N6/c1-36(2)27-21-31(25-11-17-40-18-12-25)41-22-33(27)43-32-6-5-30(24-9-15-39-16-10-24)42-35(32)37(3,4)29-20-26(19-28(36)34(29)43)23-7-13-38-14-8-23/h5-22H,1-4H3. The first kappa shape index (κ1) is 25.5. The van der Waals surface area contributed by atoms with Crippen LogP contribution in [-0.4, -0.2) is 24.9 Å². The molecule has 7 heterocycles. The zero-order valence-corrected chi connectivity index (χ0v) is 24.6. The molecule has 8 rings (SSSR count). The van der Waals surface area contributed by atoms with Crippen LogP contribution in [0.3, 0.4) is 0 Å². The van der Waals surface area contributed by atoms with Crippen molar-refractivity contribution in [2.24, 2.45) is 0 Å². The average molecular weight is 559 g/mol. The van der Waals surface area contributed by atoms with Crippen molar-refractivity contribution in [1.82, 2.24) is 24.9 Å². The van der Waals surface area contributed by atoms with Gasteiger partial charge in [-0.05, 0) is 108 Å². The van der Waals surface area contributed by atoms with E-state index in [1.54, 1.807) is 0 Å². The zero-order valence-electron chi connectivity index (χ0n) is 24.6. The minimum absolute atomic E-state index is 0.290. The third-order valence-corrected chi connectivity index (χ3v) is 9.15. The summed E-state index contributed by atoms with van der Waals surface area (Å²) in [4.78, 5) is 25.5. The van der Waals surface area contributed by atoms with Crippen LogP contribution in [0.1, 0.15) is 50.1 Å². The van der Waals surface area contributed by atoms with Crippen LogP contribution in [0.15, 0.2) is 110 Å². The van der Waals surface area contributed by atoms with Crippen LogP contribution in [0, 0.1) is 0 Å². The maximum absolute atomic E-state index is 5.36. The highest BCUT2D eigenvalue weighted by molar-refractivity contribution is 5.94. The molecular formula is C37H30N6. The van der Waals surface area contributed by atoms with Gasteiger partial charge in [-0.3, -0.25) is 19.9 Å². The van der Waals surface area contributed by atoms with Crippen molar-refractivity contribution in [3.8, 4) is 33.6 Å². The second-order valence-corrected chi connectivity index (χ2v) is 12.4. The van der Waals surface area contributed by atoms with Gasteiger partial charge in [-0.2, -0.15) is 0 Å². The fourth-order valence-corrected chi connectivity index (χ4v) is 6.77. The summed E-state index contributed by atoms with van der Waals surface area (Å²) < 4.78 is 0. The summed E-state index contributed by atoms with van der Waals surface area (Å²) in [5.74, 6) is 0. The summed E-state index contributed by atoms with van der Waals surface area (Å²) in [7, 11) is 0. The normalized spacial score (nSPS) is 15.3. The van der Waals surface area contributed by atoms with Gasteiger partial charge in [-0.15, -0.1) is 0 Å². The zero-order chi connectivity index (χ0) is 29.3. The molecule has 43 heavy (non-hydrogen) atoms. The Balaban J connectivity index is 1.44. The summed E-state index contributed by atoms with van der Waals surface area (Å²) >= 11 is 0. The van der Waals surface area contributed by atoms with Crippen molar-refractivity contribution < 1.29 is 0 Å². The maximum Gasteiger partial charge on any atom is 0.0752 e. The largest absolute Gasteiger partial charge is 0.306 e. The highest BCUT2D eigenvalue weighted by Crippen LogP contribution is 2.60. The number of rotatable bonds is 3. The topological polar surface area (TPSA) is 67.7 Å². The number of hydrogen-bond acceptors (Lipinski definition) is 6. The molecule has 208 valence electrons. The molecular weight excluding hydrogens is 528 g/mol. The van der Waals surface area contributed by atoms with E-state index in [9.17, 15) is 0 Å². The van der Waals surface area contributed by atoms with Gasteiger partial charge < -0.3 is 4.90 Å². The summed E-state index contributed by atoms with van der Waals surface area (Å²) in [5, 5.41) is 0. The van der Waals surface area contributed by atoms with Crippen LogP contribution in [0.5, 0.6) is 0 Å². The van der Waals surface area contributed by atoms with E-state index >= 15 is 0 Å². The quantitative estimate of drug-likeness (QED) is 0.217. The number of fused-ring (bicyclic) bond motifs is 4. The summed E-state index contributed by atoms with van der Waals surface area (Å²) in [6.07, 6.45) is 13.0. The number of anilines is 3. The molecule has 0 spiro atoms. The minimum atomic E-state index is -0.361. The molecule has 0 amide bonds. The molecule has 0 unspecified atom stereocenters. The van der Waals surface area contributed by atoms with Crippen molar-refractivity contribution in [2.45, 2.75) is 38.5 Å². The second-order valence-electron chi connectivity index (χ2n) is 12.4. The lowest BCUT2D eigenvalue weighted by Crippen LogP contribution is -2.39. The number of benzene rings is 1. The fraction of sp³-hybridized carbons (Fsp3) is 0.162. The van der Waals surface area contributed by atoms with Crippen molar-refractivity contribution >= 4 is 17.1 Å². The van der Waals surface area contributed by atoms with Gasteiger partial charge in [0.1, 0.15) is 0 Å². The molecule has 2 aliphatic rings. The third kappa shape index (κ3) is 3.76. The van der Waals surface area contributed by atoms with Gasteiger partial charge in [0.2, 0.25) is 0 Å². The van der Waals surface area contributed by atoms with Gasteiger partial charge in [0.25, 0.3) is 0 Å². The molecule has 6 aromatic rings. The molecule has 6 nitrogen and oxygen atoms in total. The van der Waals surface area contributed by atoms with E-state index in [0.717, 1.165) is 45.1 Å². The summed E-state index contributed by atoms with van der Waals surface area (Å²) in [6, 6.07) is 23.6. The third-order valence-electron chi connectivity index (χ3n) is 9.15. The highest BCUT2D eigenvalue weighted by atomic mass is 15.2. The maximum atomic E-state index is 5.36. The van der Waals surface area contributed by atoms with Crippen molar-refractivity contribution in [3.05, 3.63) is 132 Å². The van der Waals surface area contributed by atoms with E-state index in [0.29, 0.717) is 0 Å². The van der Waals surface area contributed by atoms with Crippen LogP contribution in [0.25, 0.3) is 33.6 Å². The van der Waals surface area contributed by atoms with Crippen LogP contribution >= 0.6 is 0 Å². The van der Waals surface area contributed by atoms with Crippen molar-refractivity contribution in [1.29, 1.82) is 0 Å². The monoisotopic (exact) mass is 558 g/mol. The number of pyridine rings is 5. The molecule has 0 fully saturated rings. The lowest BCUT2D eigenvalue weighted by atomic mass is 9.66. The van der Waals surface area contributed by atoms with Crippen LogP contribution in [0.4, 0.5) is 17.1 Å². The van der Waals surface area contributed by atoms with Gasteiger partial charge in [0.05, 0.1) is 40.3 Å². The average Bonchev–Trinajstić information content (AvgIpc) is 3.05. The van der Waals surface area contributed by atoms with Gasteiger partial charge in [-0.1, -0.05) is 13.8 Å². The summed E-state index contributed by atoms with van der Waals surface area (Å²) in [5.41, 5.74) is 13.8. The predicted molar refractivity (Wildman–Crippen MR) is 171 cm³/mol. The van der Waals surface area contributed by atoms with E-state index in [2.05, 4.69) is 90.0 Å². The van der Waals surface area contributed by atoms with E-state index in [-0.39, 0.29) is 10.8 Å². The van der Waals surface area contributed by atoms with E-state index in [4.69, 9.17) is 9.97 Å². The Hall–Kier alpha value is -5.23. The molecule has 1 aromatic carbocycles.